The third-order valence-corrected chi connectivity index (χ3v) is 5.40. The molecule has 1 saturated heterocycles. The highest BCUT2D eigenvalue weighted by Crippen LogP contribution is 2.19. The summed E-state index contributed by atoms with van der Waals surface area (Å²) >= 11 is 0. The molecule has 34 heavy (non-hydrogen) atoms. The zero-order chi connectivity index (χ0) is 25.8. The normalized spacial score (nSPS) is 17.9. The van der Waals surface area contributed by atoms with Gasteiger partial charge in [0.05, 0.1) is 12.5 Å². The Morgan fingerprint density at radius 1 is 0.941 bits per heavy atom. The van der Waals surface area contributed by atoms with Gasteiger partial charge in [0, 0.05) is 13.0 Å². The lowest BCUT2D eigenvalue weighted by molar-refractivity contribution is -0.145. The van der Waals surface area contributed by atoms with Crippen LogP contribution in [0.1, 0.15) is 51.4 Å². The predicted octanol–water partition coefficient (Wildman–Crippen LogP) is -2.17. The van der Waals surface area contributed by atoms with E-state index in [4.69, 9.17) is 21.7 Å². The van der Waals surface area contributed by atoms with Crippen LogP contribution in [0.15, 0.2) is 0 Å². The zero-order valence-corrected chi connectivity index (χ0v) is 18.8. The molecule has 0 aliphatic carbocycles. The van der Waals surface area contributed by atoms with E-state index < -0.39 is 79.1 Å². The average Bonchev–Trinajstić information content (AvgIpc) is 3.24. The highest BCUT2D eigenvalue weighted by atomic mass is 16.4. The van der Waals surface area contributed by atoms with Crippen molar-refractivity contribution in [2.24, 2.45) is 11.5 Å². The van der Waals surface area contributed by atoms with Crippen molar-refractivity contribution in [3.8, 4) is 0 Å². The third-order valence-electron chi connectivity index (χ3n) is 5.40. The van der Waals surface area contributed by atoms with Crippen molar-refractivity contribution in [1.29, 1.82) is 0 Å². The van der Waals surface area contributed by atoms with E-state index in [1.165, 1.54) is 4.90 Å². The van der Waals surface area contributed by atoms with E-state index >= 15 is 0 Å². The number of nitrogens with one attached hydrogen (secondary N) is 2. The lowest BCUT2D eigenvalue weighted by Gasteiger charge is -2.28. The number of amides is 3. The maximum Gasteiger partial charge on any atom is 0.326 e. The van der Waals surface area contributed by atoms with Gasteiger partial charge in [0.15, 0.2) is 0 Å². The van der Waals surface area contributed by atoms with Crippen LogP contribution in [0, 0.1) is 0 Å². The molecule has 9 N–H and O–H groups in total. The van der Waals surface area contributed by atoms with Gasteiger partial charge in [-0.1, -0.05) is 6.42 Å². The van der Waals surface area contributed by atoms with Gasteiger partial charge in [-0.15, -0.1) is 0 Å². The molecule has 1 fully saturated rings. The molecule has 192 valence electrons. The summed E-state index contributed by atoms with van der Waals surface area (Å²) in [4.78, 5) is 72.6. The van der Waals surface area contributed by atoms with Crippen LogP contribution in [0.3, 0.4) is 0 Å². The van der Waals surface area contributed by atoms with Crippen molar-refractivity contribution in [2.45, 2.75) is 75.5 Å². The number of nitrogens with two attached hydrogens (primary N) is 2. The number of likely N-dealkylation sites (tertiary alicyclic amines) is 1. The van der Waals surface area contributed by atoms with Crippen molar-refractivity contribution in [2.75, 3.05) is 13.1 Å². The second-order valence-corrected chi connectivity index (χ2v) is 8.07. The topological polar surface area (TPSA) is 242 Å². The van der Waals surface area contributed by atoms with Crippen LogP contribution in [-0.4, -0.2) is 93.1 Å². The SMILES string of the molecule is NCCCCC(N)C(=O)N1CCCC1C(=O)NC(CC(=O)O)C(=O)NC(CCC(=O)O)C(=O)O. The zero-order valence-electron chi connectivity index (χ0n) is 18.8. The molecule has 0 aromatic heterocycles. The largest absolute Gasteiger partial charge is 0.481 e. The minimum absolute atomic E-state index is 0.271. The van der Waals surface area contributed by atoms with Crippen molar-refractivity contribution >= 4 is 35.6 Å². The van der Waals surface area contributed by atoms with E-state index in [2.05, 4.69) is 10.6 Å². The Morgan fingerprint density at radius 2 is 1.62 bits per heavy atom. The number of rotatable bonds is 15. The molecule has 14 heteroatoms. The first kappa shape index (κ1) is 28.8. The van der Waals surface area contributed by atoms with E-state index in [-0.39, 0.29) is 13.0 Å². The van der Waals surface area contributed by atoms with Gasteiger partial charge in [0.1, 0.15) is 18.1 Å². The Morgan fingerprint density at radius 3 is 2.18 bits per heavy atom. The number of hydrogen-bond donors (Lipinski definition) is 7. The lowest BCUT2D eigenvalue weighted by atomic mass is 10.1. The van der Waals surface area contributed by atoms with Crippen LogP contribution in [0.4, 0.5) is 0 Å². The van der Waals surface area contributed by atoms with E-state index in [0.29, 0.717) is 32.2 Å². The second kappa shape index (κ2) is 14.1. The minimum atomic E-state index is -1.63. The highest BCUT2D eigenvalue weighted by Gasteiger charge is 2.38. The number of carbonyl (C=O) groups excluding carboxylic acids is 3. The van der Waals surface area contributed by atoms with Gasteiger partial charge in [-0.05, 0) is 38.6 Å². The van der Waals surface area contributed by atoms with E-state index in [1.54, 1.807) is 0 Å². The van der Waals surface area contributed by atoms with Crippen molar-refractivity contribution < 1.29 is 44.1 Å². The van der Waals surface area contributed by atoms with E-state index in [9.17, 15) is 33.9 Å². The van der Waals surface area contributed by atoms with E-state index in [0.717, 1.165) is 0 Å². The molecule has 0 aromatic rings. The number of hydrogen-bond acceptors (Lipinski definition) is 8. The monoisotopic (exact) mass is 487 g/mol. The Kier molecular flexibility index (Phi) is 11.9. The molecule has 0 radical (unpaired) electrons. The standard InChI is InChI=1S/C20H33N5O9/c21-8-2-1-4-11(22)19(32)25-9-3-5-14(25)18(31)24-13(10-16(28)29)17(30)23-12(20(33)34)6-7-15(26)27/h11-14H,1-10,21-22H2,(H,23,30)(H,24,31)(H,26,27)(H,28,29)(H,33,34). The molecule has 1 heterocycles. The predicted molar refractivity (Wildman–Crippen MR) is 116 cm³/mol. The van der Waals surface area contributed by atoms with Crippen LogP contribution in [0.25, 0.3) is 0 Å². The molecule has 0 saturated carbocycles. The lowest BCUT2D eigenvalue weighted by Crippen LogP contribution is -2.57. The summed E-state index contributed by atoms with van der Waals surface area (Å²) in [6.45, 7) is 0.731. The van der Waals surface area contributed by atoms with Crippen LogP contribution in [-0.2, 0) is 28.8 Å². The molecule has 4 unspecified atom stereocenters. The maximum absolute atomic E-state index is 12.8. The molecule has 14 nitrogen and oxygen atoms in total. The van der Waals surface area contributed by atoms with Crippen LogP contribution in [0.5, 0.6) is 0 Å². The molecule has 0 spiro atoms. The quantitative estimate of drug-likeness (QED) is 0.122. The Bertz CT molecular complexity index is 776. The Hall–Kier alpha value is -3.26. The average molecular weight is 488 g/mol. The van der Waals surface area contributed by atoms with Gasteiger partial charge in [0.25, 0.3) is 0 Å². The van der Waals surface area contributed by atoms with Gasteiger partial charge < -0.3 is 42.3 Å². The molecular formula is C20H33N5O9. The van der Waals surface area contributed by atoms with Gasteiger partial charge in [0.2, 0.25) is 17.7 Å². The van der Waals surface area contributed by atoms with Gasteiger partial charge >= 0.3 is 17.9 Å². The third kappa shape index (κ3) is 9.31. The van der Waals surface area contributed by atoms with Crippen molar-refractivity contribution in [3.05, 3.63) is 0 Å². The number of carbonyl (C=O) groups is 6. The molecule has 1 aliphatic heterocycles. The van der Waals surface area contributed by atoms with E-state index in [1.807, 2.05) is 0 Å². The van der Waals surface area contributed by atoms with Crippen LogP contribution in [0.2, 0.25) is 0 Å². The molecule has 3 amide bonds. The Labute approximate surface area is 196 Å². The minimum Gasteiger partial charge on any atom is -0.481 e. The van der Waals surface area contributed by atoms with Gasteiger partial charge in [-0.2, -0.15) is 0 Å². The number of carboxylic acids is 3. The molecular weight excluding hydrogens is 454 g/mol. The van der Waals surface area contributed by atoms with Crippen LogP contribution < -0.4 is 22.1 Å². The summed E-state index contributed by atoms with van der Waals surface area (Å²) in [5.41, 5.74) is 11.4. The summed E-state index contributed by atoms with van der Waals surface area (Å²) in [6, 6.07) is -5.01. The first-order valence-corrected chi connectivity index (χ1v) is 11.0. The first-order chi connectivity index (χ1) is 16.0. The molecule has 4 atom stereocenters. The summed E-state index contributed by atoms with van der Waals surface area (Å²) in [5.74, 6) is -6.51. The summed E-state index contributed by atoms with van der Waals surface area (Å²) in [5, 5.41) is 31.4. The molecule has 0 aromatic carbocycles. The summed E-state index contributed by atoms with van der Waals surface area (Å²) in [6.07, 6.45) is 0.688. The second-order valence-electron chi connectivity index (χ2n) is 8.07. The number of nitrogens with zero attached hydrogens (tertiary/aromatic N) is 1. The smallest absolute Gasteiger partial charge is 0.326 e. The maximum atomic E-state index is 12.8. The van der Waals surface area contributed by atoms with Crippen molar-refractivity contribution in [3.63, 3.8) is 0 Å². The number of unbranched alkanes of at least 4 members (excludes halogenated alkanes) is 1. The Balaban J connectivity index is 2.87. The molecule has 1 aliphatic rings. The first-order valence-electron chi connectivity index (χ1n) is 11.0. The van der Waals surface area contributed by atoms with Crippen LogP contribution >= 0.6 is 0 Å². The summed E-state index contributed by atoms with van der Waals surface area (Å²) < 4.78 is 0. The number of aliphatic carboxylic acids is 3. The van der Waals surface area contributed by atoms with Gasteiger partial charge in [-0.25, -0.2) is 4.79 Å². The fraction of sp³-hybridized carbons (Fsp3) is 0.700. The highest BCUT2D eigenvalue weighted by molar-refractivity contribution is 5.95. The summed E-state index contributed by atoms with van der Waals surface area (Å²) in [7, 11) is 0. The fourth-order valence-corrected chi connectivity index (χ4v) is 3.60. The molecule has 1 rings (SSSR count). The number of carboxylic acid groups (broad SMARTS) is 3. The van der Waals surface area contributed by atoms with Gasteiger partial charge in [-0.3, -0.25) is 24.0 Å². The van der Waals surface area contributed by atoms with Crippen molar-refractivity contribution in [1.82, 2.24) is 15.5 Å². The molecule has 0 bridgehead atoms. The fourth-order valence-electron chi connectivity index (χ4n) is 3.60.